The molecule has 7 heteroatoms. The lowest BCUT2D eigenvalue weighted by Gasteiger charge is -2.11. The number of imidazole rings is 1. The van der Waals surface area contributed by atoms with E-state index in [9.17, 15) is 4.21 Å². The highest BCUT2D eigenvalue weighted by molar-refractivity contribution is 7.84. The topological polar surface area (TPSA) is 77.1 Å². The van der Waals surface area contributed by atoms with E-state index in [0.717, 1.165) is 0 Å². The third kappa shape index (κ3) is 2.99. The summed E-state index contributed by atoms with van der Waals surface area (Å²) in [5, 5.41) is -0.404. The number of aromatic amines is 1. The molecule has 0 fully saturated rings. The number of nitrogens with zero attached hydrogens (tertiary/aromatic N) is 2. The molecule has 0 bridgehead atoms. The summed E-state index contributed by atoms with van der Waals surface area (Å²) in [6.07, 6.45) is 1.39. The molecule has 126 valence electrons. The van der Waals surface area contributed by atoms with Crippen molar-refractivity contribution >= 4 is 21.8 Å². The van der Waals surface area contributed by atoms with Crippen molar-refractivity contribution in [2.45, 2.75) is 24.7 Å². The van der Waals surface area contributed by atoms with Crippen LogP contribution in [0, 0.1) is 13.8 Å². The maximum absolute atomic E-state index is 13.2. The normalized spacial score (nSPS) is 18.3. The number of pyridine rings is 1. The monoisotopic (exact) mass is 353 g/mol. The number of rotatable bonds is 5. The Morgan fingerprint density at radius 2 is 2.25 bits per heavy atom. The van der Waals surface area contributed by atoms with Gasteiger partial charge in [0.25, 0.3) is 0 Å². The summed E-state index contributed by atoms with van der Waals surface area (Å²) in [6.45, 7) is 3.31. The molecule has 6 nitrogen and oxygen atoms in total. The second-order valence-corrected chi connectivity index (χ2v) is 6.02. The molecule has 0 saturated heterocycles. The van der Waals surface area contributed by atoms with E-state index in [1.807, 2.05) is 0 Å². The summed E-state index contributed by atoms with van der Waals surface area (Å²) < 4.78 is 85.8. The highest BCUT2D eigenvalue weighted by Crippen LogP contribution is 2.26. The Hall–Kier alpha value is -2.41. The van der Waals surface area contributed by atoms with Crippen LogP contribution < -0.4 is 9.47 Å². The van der Waals surface area contributed by atoms with E-state index in [4.69, 9.17) is 20.4 Å². The van der Waals surface area contributed by atoms with E-state index in [1.54, 1.807) is 13.8 Å². The molecule has 0 spiro atoms. The van der Waals surface area contributed by atoms with Crippen molar-refractivity contribution in [1.29, 1.82) is 0 Å². The fraction of sp³-hybridized carbons (Fsp3) is 0.294. The minimum Gasteiger partial charge on any atom is -0.497 e. The second kappa shape index (κ2) is 6.60. The Morgan fingerprint density at radius 1 is 1.42 bits per heavy atom. The van der Waals surface area contributed by atoms with Crippen LogP contribution in [0.1, 0.15) is 27.8 Å². The number of methoxy groups -OCH3 is 2. The molecule has 1 aromatic carbocycles. The zero-order valence-corrected chi connectivity index (χ0v) is 13.9. The fourth-order valence-electron chi connectivity index (χ4n) is 2.21. The molecular formula is C17H19N3O3S. The zero-order chi connectivity index (χ0) is 24.2. The number of hydrogen-bond acceptors (Lipinski definition) is 5. The first-order valence-corrected chi connectivity index (χ1v) is 7.96. The van der Waals surface area contributed by atoms with Gasteiger partial charge in [0, 0.05) is 26.1 Å². The molecule has 2 aromatic heterocycles. The van der Waals surface area contributed by atoms with Crippen LogP contribution in [0.4, 0.5) is 0 Å². The van der Waals surface area contributed by atoms with Gasteiger partial charge in [-0.1, -0.05) is 0 Å². The number of H-pyrrole nitrogens is 1. The molecular weight excluding hydrogens is 326 g/mol. The first kappa shape index (κ1) is 9.17. The quantitative estimate of drug-likeness (QED) is 0.763. The van der Waals surface area contributed by atoms with Gasteiger partial charge in [-0.25, -0.2) is 4.98 Å². The van der Waals surface area contributed by atoms with Crippen molar-refractivity contribution in [2.24, 2.45) is 0 Å². The van der Waals surface area contributed by atoms with Gasteiger partial charge >= 0.3 is 0 Å². The molecule has 24 heavy (non-hydrogen) atoms. The molecule has 3 aromatic rings. The van der Waals surface area contributed by atoms with Crippen molar-refractivity contribution in [3.63, 3.8) is 0 Å². The first-order valence-electron chi connectivity index (χ1n) is 10.8. The van der Waals surface area contributed by atoms with Crippen LogP contribution in [-0.4, -0.2) is 33.3 Å². The van der Waals surface area contributed by atoms with Crippen LogP contribution in [0.15, 0.2) is 29.5 Å². The smallest absolute Gasteiger partial charge is 0.197 e. The molecule has 0 aliphatic rings. The molecule has 0 amide bonds. The summed E-state index contributed by atoms with van der Waals surface area (Å²) in [7, 11) is -4.02. The maximum Gasteiger partial charge on any atom is 0.197 e. The van der Waals surface area contributed by atoms with E-state index in [-0.39, 0.29) is 16.7 Å². The van der Waals surface area contributed by atoms with Gasteiger partial charge in [-0.15, -0.1) is 0 Å². The van der Waals surface area contributed by atoms with Gasteiger partial charge in [0.05, 0.1) is 55.6 Å². The molecule has 1 atom stereocenters. The van der Waals surface area contributed by atoms with E-state index in [0.29, 0.717) is 16.9 Å². The lowest BCUT2D eigenvalue weighted by Crippen LogP contribution is -2.05. The van der Waals surface area contributed by atoms with E-state index in [1.165, 1.54) is 13.3 Å². The predicted molar refractivity (Wildman–Crippen MR) is 93.0 cm³/mol. The number of benzene rings is 1. The van der Waals surface area contributed by atoms with Crippen LogP contribution in [0.3, 0.4) is 0 Å². The highest BCUT2D eigenvalue weighted by Gasteiger charge is 2.16. The molecule has 0 aliphatic carbocycles. The molecule has 0 saturated carbocycles. The molecule has 0 aliphatic heterocycles. The Morgan fingerprint density at radius 3 is 3.00 bits per heavy atom. The molecule has 2 heterocycles. The number of ether oxygens (including phenoxy) is 2. The minimum atomic E-state index is -2.96. The van der Waals surface area contributed by atoms with Gasteiger partial charge < -0.3 is 14.5 Å². The van der Waals surface area contributed by atoms with Gasteiger partial charge in [0.1, 0.15) is 11.5 Å². The number of fused-ring (bicyclic) bond motifs is 1. The zero-order valence-electron chi connectivity index (χ0n) is 21.1. The van der Waals surface area contributed by atoms with E-state index < -0.39 is 52.6 Å². The highest BCUT2D eigenvalue weighted by atomic mass is 32.2. The molecule has 1 N–H and O–H groups in total. The summed E-state index contributed by atoms with van der Waals surface area (Å²) in [5.41, 5.74) is -2.08. The van der Waals surface area contributed by atoms with Crippen molar-refractivity contribution < 1.29 is 24.6 Å². The third-order valence-corrected chi connectivity index (χ3v) is 4.25. The van der Waals surface area contributed by atoms with Gasteiger partial charge in [0.15, 0.2) is 5.16 Å². The van der Waals surface area contributed by atoms with Crippen molar-refractivity contribution in [3.8, 4) is 11.5 Å². The predicted octanol–water partition coefficient (Wildman–Crippen LogP) is 2.90. The Balaban J connectivity index is 2.15. The number of hydrogen-bond donors (Lipinski definition) is 1. The number of aromatic nitrogens is 3. The largest absolute Gasteiger partial charge is 0.497 e. The van der Waals surface area contributed by atoms with Crippen LogP contribution in [0.25, 0.3) is 11.0 Å². The minimum absolute atomic E-state index is 0.136. The van der Waals surface area contributed by atoms with Gasteiger partial charge in [-0.05, 0) is 25.9 Å². The first-order chi connectivity index (χ1) is 14.7. The van der Waals surface area contributed by atoms with Gasteiger partial charge in [0.2, 0.25) is 0 Å². The SMILES string of the molecule is [2H]c1c(OC([2H])([2H])[2H])c([2H])c2[nH]c(S(=O)C([2H])([2H])c3ncc(C)c(OC)c3C)nc2c1[2H]. The summed E-state index contributed by atoms with van der Waals surface area (Å²) in [4.78, 5) is 10.6. The van der Waals surface area contributed by atoms with E-state index >= 15 is 0 Å². The summed E-state index contributed by atoms with van der Waals surface area (Å²) in [6, 6.07) is -1.80. The molecule has 3 rings (SSSR count). The lowest BCUT2D eigenvalue weighted by molar-refractivity contribution is 0.407. The summed E-state index contributed by atoms with van der Waals surface area (Å²) in [5.74, 6) is -0.264. The van der Waals surface area contributed by atoms with Crippen LogP contribution in [0.5, 0.6) is 11.5 Å². The van der Waals surface area contributed by atoms with Crippen LogP contribution >= 0.6 is 0 Å². The average molecular weight is 353 g/mol. The fourth-order valence-corrected chi connectivity index (χ4v) is 3.05. The molecule has 1 unspecified atom stereocenters. The number of aryl methyl sites for hydroxylation is 1. The van der Waals surface area contributed by atoms with Crippen molar-refractivity contribution in [2.75, 3.05) is 14.1 Å². The second-order valence-electron chi connectivity index (χ2n) is 4.89. The average Bonchev–Trinajstić information content (AvgIpc) is 3.14. The maximum atomic E-state index is 13.2. The number of nitrogens with one attached hydrogen (secondary N) is 1. The van der Waals surface area contributed by atoms with Crippen LogP contribution in [0.2, 0.25) is 0 Å². The standard InChI is InChI=1S/C17H19N3O3S/c1-10-8-18-15(11(2)16(10)23-4)9-24(21)17-19-13-6-5-12(22-3)7-14(13)20-17/h5-8H,9H2,1-4H3,(H,19,20)/i3D3,5D,6D,7D,9D2. The van der Waals surface area contributed by atoms with Crippen molar-refractivity contribution in [3.05, 3.63) is 41.1 Å². The van der Waals surface area contributed by atoms with E-state index in [2.05, 4.69) is 15.0 Å². The Labute approximate surface area is 153 Å². The van der Waals surface area contributed by atoms with Crippen molar-refractivity contribution in [1.82, 2.24) is 15.0 Å². The lowest BCUT2D eigenvalue weighted by atomic mass is 10.1. The Kier molecular flexibility index (Phi) is 2.52. The third-order valence-electron chi connectivity index (χ3n) is 3.33. The summed E-state index contributed by atoms with van der Waals surface area (Å²) >= 11 is 0. The van der Waals surface area contributed by atoms with Crippen LogP contribution in [-0.2, 0) is 16.5 Å². The Bertz CT molecular complexity index is 1240. The molecule has 0 radical (unpaired) electrons. The van der Waals surface area contributed by atoms with Gasteiger partial charge in [-0.2, -0.15) is 0 Å². The van der Waals surface area contributed by atoms with Gasteiger partial charge in [-0.3, -0.25) is 9.19 Å².